The number of carbonyl (C=O) groups excluding carboxylic acids is 1. The van der Waals surface area contributed by atoms with E-state index in [9.17, 15) is 9.90 Å². The number of hydrogen-bond acceptors (Lipinski definition) is 7. The second-order valence-corrected chi connectivity index (χ2v) is 9.98. The molecule has 2 heterocycles. The Morgan fingerprint density at radius 2 is 1.81 bits per heavy atom. The summed E-state index contributed by atoms with van der Waals surface area (Å²) < 4.78 is 29.0. The van der Waals surface area contributed by atoms with E-state index >= 15 is 0 Å². The van der Waals surface area contributed by atoms with Gasteiger partial charge >= 0.3 is 5.97 Å². The predicted molar refractivity (Wildman–Crippen MR) is 141 cm³/mol. The molecule has 2 aliphatic rings. The zero-order valence-electron chi connectivity index (χ0n) is 22.0. The number of benzene rings is 2. The predicted octanol–water partition coefficient (Wildman–Crippen LogP) is 5.37. The number of carbonyl (C=O) groups is 1. The van der Waals surface area contributed by atoms with E-state index in [0.29, 0.717) is 23.3 Å². The van der Waals surface area contributed by atoms with Gasteiger partial charge in [-0.2, -0.15) is 0 Å². The van der Waals surface area contributed by atoms with Crippen molar-refractivity contribution in [2.45, 2.75) is 64.3 Å². The summed E-state index contributed by atoms with van der Waals surface area (Å²) in [6.45, 7) is 7.43. The maximum Gasteiger partial charge on any atom is 0.342 e. The first-order chi connectivity index (χ1) is 17.7. The topological polar surface area (TPSA) is 83.5 Å². The van der Waals surface area contributed by atoms with Crippen LogP contribution in [0.25, 0.3) is 17.2 Å². The number of ether oxygens (including phenoxy) is 5. The van der Waals surface area contributed by atoms with Gasteiger partial charge in [-0.05, 0) is 56.0 Å². The zero-order valence-corrected chi connectivity index (χ0v) is 22.0. The lowest BCUT2D eigenvalue weighted by atomic mass is 9.96. The van der Waals surface area contributed by atoms with Crippen LogP contribution in [0.15, 0.2) is 60.7 Å². The molecule has 37 heavy (non-hydrogen) atoms. The third-order valence-corrected chi connectivity index (χ3v) is 6.65. The average Bonchev–Trinajstić information content (AvgIpc) is 3.19. The van der Waals surface area contributed by atoms with Crippen LogP contribution in [0.5, 0.6) is 5.75 Å². The van der Waals surface area contributed by atoms with Crippen LogP contribution in [0.2, 0.25) is 0 Å². The largest absolute Gasteiger partial charge is 0.467 e. The Morgan fingerprint density at radius 1 is 1.05 bits per heavy atom. The SMILES string of the molecule is COCOc1cc(-c2ccccc2)cc2c1C(=O)O[C@@H](C)[C@H](C)C=CC(O)[C@H]1OC(C)(C)O[C@H]1CC=C2. The third kappa shape index (κ3) is 6.48. The number of rotatable bonds is 4. The van der Waals surface area contributed by atoms with Crippen molar-refractivity contribution in [3.8, 4) is 16.9 Å². The van der Waals surface area contributed by atoms with Crippen LogP contribution in [-0.2, 0) is 18.9 Å². The Labute approximate surface area is 218 Å². The van der Waals surface area contributed by atoms with Crippen molar-refractivity contribution in [3.05, 3.63) is 71.8 Å². The Hall–Kier alpha value is -2.97. The molecular formula is C30H36O7. The van der Waals surface area contributed by atoms with Crippen molar-refractivity contribution >= 4 is 12.0 Å². The molecule has 0 radical (unpaired) electrons. The van der Waals surface area contributed by atoms with Crippen LogP contribution < -0.4 is 4.74 Å². The minimum absolute atomic E-state index is 0.0156. The van der Waals surface area contributed by atoms with Gasteiger partial charge in [-0.3, -0.25) is 0 Å². The summed E-state index contributed by atoms with van der Waals surface area (Å²) in [4.78, 5) is 13.5. The fourth-order valence-corrected chi connectivity index (χ4v) is 4.57. The van der Waals surface area contributed by atoms with Gasteiger partial charge in [0.15, 0.2) is 12.6 Å². The lowest BCUT2D eigenvalue weighted by Gasteiger charge is -2.23. The lowest BCUT2D eigenvalue weighted by Crippen LogP contribution is -2.34. The molecular weight excluding hydrogens is 472 g/mol. The molecule has 1 fully saturated rings. The van der Waals surface area contributed by atoms with E-state index in [1.807, 2.05) is 88.4 Å². The van der Waals surface area contributed by atoms with E-state index in [4.69, 9.17) is 23.7 Å². The molecule has 1 saturated heterocycles. The van der Waals surface area contributed by atoms with Crippen molar-refractivity contribution in [3.63, 3.8) is 0 Å². The highest BCUT2D eigenvalue weighted by Crippen LogP contribution is 2.35. The molecule has 0 spiro atoms. The highest BCUT2D eigenvalue weighted by atomic mass is 16.8. The van der Waals surface area contributed by atoms with Crippen LogP contribution in [0.4, 0.5) is 0 Å². The molecule has 2 aromatic carbocycles. The van der Waals surface area contributed by atoms with Gasteiger partial charge in [0.1, 0.15) is 29.6 Å². The first kappa shape index (κ1) is 27.1. The van der Waals surface area contributed by atoms with Gasteiger partial charge < -0.3 is 28.8 Å². The van der Waals surface area contributed by atoms with E-state index in [1.54, 1.807) is 6.08 Å². The first-order valence-corrected chi connectivity index (χ1v) is 12.6. The molecule has 7 heteroatoms. The van der Waals surface area contributed by atoms with Crippen LogP contribution in [0.3, 0.4) is 0 Å². The summed E-state index contributed by atoms with van der Waals surface area (Å²) in [5.41, 5.74) is 2.86. The molecule has 0 amide bonds. The normalized spacial score (nSPS) is 27.6. The van der Waals surface area contributed by atoms with Crippen LogP contribution in [-0.4, -0.2) is 55.2 Å². The summed E-state index contributed by atoms with van der Waals surface area (Å²) >= 11 is 0. The number of cyclic esters (lactones) is 1. The van der Waals surface area contributed by atoms with Gasteiger partial charge in [0.25, 0.3) is 0 Å². The number of aliphatic hydroxyl groups excluding tert-OH is 1. The summed E-state index contributed by atoms with van der Waals surface area (Å²) in [6.07, 6.45) is 5.61. The Bertz CT molecular complexity index is 1140. The quantitative estimate of drug-likeness (QED) is 0.338. The molecule has 2 aromatic rings. The van der Waals surface area contributed by atoms with Crippen LogP contribution in [0, 0.1) is 5.92 Å². The minimum Gasteiger partial charge on any atom is -0.467 e. The number of fused-ring (bicyclic) bond motifs is 2. The summed E-state index contributed by atoms with van der Waals surface area (Å²) in [5.74, 6) is -1.08. The van der Waals surface area contributed by atoms with Crippen molar-refractivity contribution in [1.29, 1.82) is 0 Å². The molecule has 1 unspecified atom stereocenters. The molecule has 0 saturated carbocycles. The smallest absolute Gasteiger partial charge is 0.342 e. The minimum atomic E-state index is -0.862. The second-order valence-electron chi connectivity index (χ2n) is 9.98. The molecule has 0 aromatic heterocycles. The zero-order chi connectivity index (χ0) is 26.6. The van der Waals surface area contributed by atoms with Crippen molar-refractivity contribution < 1.29 is 33.6 Å². The first-order valence-electron chi connectivity index (χ1n) is 12.6. The Balaban J connectivity index is 1.81. The van der Waals surface area contributed by atoms with E-state index in [1.165, 1.54) is 7.11 Å². The van der Waals surface area contributed by atoms with Crippen LogP contribution >= 0.6 is 0 Å². The van der Waals surface area contributed by atoms with Crippen molar-refractivity contribution in [2.75, 3.05) is 13.9 Å². The molecule has 5 atom stereocenters. The highest BCUT2D eigenvalue weighted by molar-refractivity contribution is 5.98. The van der Waals surface area contributed by atoms with Gasteiger partial charge in [-0.25, -0.2) is 4.79 Å². The molecule has 1 N–H and O–H groups in total. The van der Waals surface area contributed by atoms with Gasteiger partial charge in [0, 0.05) is 13.0 Å². The van der Waals surface area contributed by atoms with Crippen molar-refractivity contribution in [2.24, 2.45) is 5.92 Å². The number of hydrogen-bond donors (Lipinski definition) is 1. The molecule has 0 bridgehead atoms. The molecule has 2 aliphatic heterocycles. The monoisotopic (exact) mass is 508 g/mol. The van der Waals surface area contributed by atoms with E-state index in [0.717, 1.165) is 11.1 Å². The van der Waals surface area contributed by atoms with Crippen molar-refractivity contribution in [1.82, 2.24) is 0 Å². The molecule has 7 nitrogen and oxygen atoms in total. The summed E-state index contributed by atoms with van der Waals surface area (Å²) in [5, 5.41) is 10.9. The fraction of sp³-hybridized carbons (Fsp3) is 0.433. The van der Waals surface area contributed by atoms with Gasteiger partial charge in [0.05, 0.1) is 6.10 Å². The van der Waals surface area contributed by atoms with Gasteiger partial charge in [-0.1, -0.05) is 61.6 Å². The molecule has 0 aliphatic carbocycles. The van der Waals surface area contributed by atoms with Crippen LogP contribution in [0.1, 0.15) is 50.0 Å². The lowest BCUT2D eigenvalue weighted by molar-refractivity contribution is -0.152. The fourth-order valence-electron chi connectivity index (χ4n) is 4.57. The average molecular weight is 509 g/mol. The molecule has 198 valence electrons. The Morgan fingerprint density at radius 3 is 2.54 bits per heavy atom. The maximum absolute atomic E-state index is 13.5. The second kappa shape index (κ2) is 11.6. The summed E-state index contributed by atoms with van der Waals surface area (Å²) in [7, 11) is 1.53. The van der Waals surface area contributed by atoms with E-state index in [-0.39, 0.29) is 18.8 Å². The summed E-state index contributed by atoms with van der Waals surface area (Å²) in [6, 6.07) is 13.7. The van der Waals surface area contributed by atoms with E-state index < -0.39 is 30.1 Å². The Kier molecular flexibility index (Phi) is 8.49. The number of aliphatic hydroxyl groups is 1. The maximum atomic E-state index is 13.5. The highest BCUT2D eigenvalue weighted by Gasteiger charge is 2.43. The molecule has 4 rings (SSSR count). The van der Waals surface area contributed by atoms with Gasteiger partial charge in [0.2, 0.25) is 0 Å². The van der Waals surface area contributed by atoms with E-state index in [2.05, 4.69) is 0 Å². The van der Waals surface area contributed by atoms with Gasteiger partial charge in [-0.15, -0.1) is 0 Å². The number of methoxy groups -OCH3 is 1. The number of esters is 1. The standard InChI is InChI=1S/C30H36O7/c1-19-14-15-24(31)28-25(36-30(3,4)37-28)13-9-12-22-16-23(21-10-7-6-8-11-21)17-26(34-18-33-5)27(22)29(32)35-20(19)2/h6-12,14-17,19-20,24-25,28,31H,13,18H2,1-5H3/t19-,20+,24?,25+,28-/m1/s1. The third-order valence-electron chi connectivity index (χ3n) is 6.65.